The second kappa shape index (κ2) is 5.32. The van der Waals surface area contributed by atoms with E-state index >= 15 is 0 Å². The minimum Gasteiger partial charge on any atom is -0.466 e. The first kappa shape index (κ1) is 13.2. The Balaban J connectivity index is 1.77. The Morgan fingerprint density at radius 3 is 2.76 bits per heavy atom. The third kappa shape index (κ3) is 2.60. The minimum atomic E-state index is -0.589. The highest BCUT2D eigenvalue weighted by atomic mass is 16.6. The van der Waals surface area contributed by atoms with Crippen molar-refractivity contribution in [3.8, 4) is 5.88 Å². The molecule has 0 radical (unpaired) electrons. The molecule has 0 N–H and O–H groups in total. The van der Waals surface area contributed by atoms with Crippen LogP contribution in [0.5, 0.6) is 5.88 Å². The third-order valence-corrected chi connectivity index (χ3v) is 3.45. The maximum absolute atomic E-state index is 12.3. The number of hydrogen-bond acceptors (Lipinski definition) is 5. The maximum Gasteiger partial charge on any atom is 0.287 e. The molecule has 1 aromatic carbocycles. The molecule has 106 valence electrons. The van der Waals surface area contributed by atoms with E-state index in [1.54, 1.807) is 6.07 Å². The van der Waals surface area contributed by atoms with Gasteiger partial charge >= 0.3 is 0 Å². The first-order chi connectivity index (χ1) is 10.1. The summed E-state index contributed by atoms with van der Waals surface area (Å²) in [7, 11) is 0. The van der Waals surface area contributed by atoms with Crippen molar-refractivity contribution in [1.29, 1.82) is 0 Å². The molecule has 6 nitrogen and oxygen atoms in total. The second-order valence-corrected chi connectivity index (χ2v) is 4.78. The summed E-state index contributed by atoms with van der Waals surface area (Å²) >= 11 is 0. The molecule has 0 saturated carbocycles. The number of carbonyl (C=O) groups is 1. The highest BCUT2D eigenvalue weighted by Gasteiger charge is 2.29. The second-order valence-electron chi connectivity index (χ2n) is 4.78. The fourth-order valence-corrected chi connectivity index (χ4v) is 2.38. The average molecular weight is 284 g/mol. The fraction of sp³-hybridized carbons (Fsp3) is 0.200. The van der Waals surface area contributed by atoms with Gasteiger partial charge in [-0.2, -0.15) is 0 Å². The van der Waals surface area contributed by atoms with E-state index in [0.717, 1.165) is 18.2 Å². The van der Waals surface area contributed by atoms with Crippen molar-refractivity contribution in [3.05, 3.63) is 63.8 Å². The van der Waals surface area contributed by atoms with Gasteiger partial charge in [0, 0.05) is 17.7 Å². The zero-order valence-electron chi connectivity index (χ0n) is 11.1. The van der Waals surface area contributed by atoms with Crippen LogP contribution >= 0.6 is 0 Å². The van der Waals surface area contributed by atoms with E-state index in [-0.39, 0.29) is 17.4 Å². The van der Waals surface area contributed by atoms with E-state index < -0.39 is 11.0 Å². The van der Waals surface area contributed by atoms with Crippen molar-refractivity contribution in [1.82, 2.24) is 4.98 Å². The Hall–Kier alpha value is -2.76. The van der Waals surface area contributed by atoms with Crippen molar-refractivity contribution in [2.24, 2.45) is 0 Å². The maximum atomic E-state index is 12.3. The van der Waals surface area contributed by atoms with Crippen molar-refractivity contribution < 1.29 is 14.5 Å². The van der Waals surface area contributed by atoms with E-state index in [1.165, 1.54) is 12.1 Å². The highest BCUT2D eigenvalue weighted by Crippen LogP contribution is 2.24. The first-order valence-electron chi connectivity index (χ1n) is 6.54. The minimum absolute atomic E-state index is 0.0722. The molecule has 1 heterocycles. The van der Waals surface area contributed by atoms with Gasteiger partial charge in [0.2, 0.25) is 11.7 Å². The molecule has 1 atom stereocenters. The van der Waals surface area contributed by atoms with Crippen LogP contribution in [-0.4, -0.2) is 21.8 Å². The zero-order chi connectivity index (χ0) is 14.8. The molecule has 2 aromatic rings. The van der Waals surface area contributed by atoms with Crippen LogP contribution in [0.2, 0.25) is 0 Å². The van der Waals surface area contributed by atoms with Crippen LogP contribution in [0.1, 0.15) is 22.3 Å². The predicted molar refractivity (Wildman–Crippen MR) is 74.4 cm³/mol. The number of fused-ring (bicyclic) bond motifs is 1. The molecule has 1 aliphatic carbocycles. The largest absolute Gasteiger partial charge is 0.466 e. The number of rotatable bonds is 3. The Labute approximate surface area is 120 Å². The summed E-state index contributed by atoms with van der Waals surface area (Å²) in [5, 5.41) is 10.6. The molecule has 1 unspecified atom stereocenters. The molecule has 3 rings (SSSR count). The van der Waals surface area contributed by atoms with Crippen LogP contribution in [0, 0.1) is 10.1 Å². The number of ketones is 1. The van der Waals surface area contributed by atoms with E-state index in [1.807, 2.05) is 18.2 Å². The predicted octanol–water partition coefficient (Wildman–Crippen LogP) is 2.57. The summed E-state index contributed by atoms with van der Waals surface area (Å²) in [5.41, 5.74) is 1.59. The normalized spacial score (nSPS) is 17.1. The Bertz CT molecular complexity index is 697. The molecule has 21 heavy (non-hydrogen) atoms. The van der Waals surface area contributed by atoms with Crippen LogP contribution in [0.3, 0.4) is 0 Å². The number of carbonyl (C=O) groups excluding carboxylic acids is 1. The van der Waals surface area contributed by atoms with Gasteiger partial charge in [-0.05, 0) is 18.4 Å². The molecule has 0 saturated heterocycles. The standard InChI is InChI=1S/C15H12N2O4/c18-15-12-4-2-1-3-10(12)5-7-13(15)21-14-8-6-11(9-16-14)17(19)20/h1-4,6,8-9,13H,5,7H2. The molecular formula is C15H12N2O4. The fourth-order valence-electron chi connectivity index (χ4n) is 2.38. The summed E-state index contributed by atoms with van der Waals surface area (Å²) in [6.07, 6.45) is 1.87. The van der Waals surface area contributed by atoms with E-state index in [2.05, 4.69) is 4.98 Å². The molecular weight excluding hydrogens is 272 g/mol. The van der Waals surface area contributed by atoms with Gasteiger partial charge in [-0.25, -0.2) is 4.98 Å². The lowest BCUT2D eigenvalue weighted by Gasteiger charge is -2.23. The number of hydrogen-bond donors (Lipinski definition) is 0. The number of pyridine rings is 1. The summed E-state index contributed by atoms with van der Waals surface area (Å²) in [6, 6.07) is 10.2. The number of nitro groups is 1. The van der Waals surface area contributed by atoms with Crippen molar-refractivity contribution in [2.75, 3.05) is 0 Å². The van der Waals surface area contributed by atoms with E-state index in [9.17, 15) is 14.9 Å². The Morgan fingerprint density at radius 1 is 1.24 bits per heavy atom. The SMILES string of the molecule is O=C1c2ccccc2CCC1Oc1ccc([N+](=O)[O-])cn1. The van der Waals surface area contributed by atoms with Gasteiger partial charge < -0.3 is 4.74 Å². The average Bonchev–Trinajstić information content (AvgIpc) is 2.51. The Kier molecular flexibility index (Phi) is 3.35. The van der Waals surface area contributed by atoms with Crippen molar-refractivity contribution in [2.45, 2.75) is 18.9 Å². The molecule has 6 heteroatoms. The molecule has 0 bridgehead atoms. The van der Waals surface area contributed by atoms with Crippen LogP contribution < -0.4 is 4.74 Å². The van der Waals surface area contributed by atoms with Crippen LogP contribution in [0.15, 0.2) is 42.6 Å². The Morgan fingerprint density at radius 2 is 2.05 bits per heavy atom. The lowest BCUT2D eigenvalue weighted by Crippen LogP contribution is -2.32. The topological polar surface area (TPSA) is 82.3 Å². The van der Waals surface area contributed by atoms with Gasteiger partial charge in [0.1, 0.15) is 6.20 Å². The van der Waals surface area contributed by atoms with Gasteiger partial charge in [-0.15, -0.1) is 0 Å². The zero-order valence-corrected chi connectivity index (χ0v) is 11.1. The monoisotopic (exact) mass is 284 g/mol. The quantitative estimate of drug-likeness (QED) is 0.639. The lowest BCUT2D eigenvalue weighted by atomic mass is 9.89. The van der Waals surface area contributed by atoms with Crippen molar-refractivity contribution in [3.63, 3.8) is 0 Å². The number of nitrogens with zero attached hydrogens (tertiary/aromatic N) is 2. The summed E-state index contributed by atoms with van der Waals surface area (Å²) in [6.45, 7) is 0. The smallest absolute Gasteiger partial charge is 0.287 e. The molecule has 0 fully saturated rings. The molecule has 1 aromatic heterocycles. The van der Waals surface area contributed by atoms with E-state index in [0.29, 0.717) is 12.0 Å². The van der Waals surface area contributed by atoms with Gasteiger partial charge in [-0.1, -0.05) is 24.3 Å². The molecule has 0 aliphatic heterocycles. The summed E-state index contributed by atoms with van der Waals surface area (Å²) < 4.78 is 5.58. The lowest BCUT2D eigenvalue weighted by molar-refractivity contribution is -0.385. The van der Waals surface area contributed by atoms with Gasteiger partial charge in [-0.3, -0.25) is 14.9 Å². The molecule has 1 aliphatic rings. The first-order valence-corrected chi connectivity index (χ1v) is 6.54. The number of aromatic nitrogens is 1. The number of ether oxygens (including phenoxy) is 1. The highest BCUT2D eigenvalue weighted by molar-refractivity contribution is 6.01. The van der Waals surface area contributed by atoms with Crippen LogP contribution in [-0.2, 0) is 6.42 Å². The summed E-state index contributed by atoms with van der Waals surface area (Å²) in [4.78, 5) is 26.2. The van der Waals surface area contributed by atoms with Gasteiger partial charge in [0.05, 0.1) is 4.92 Å². The number of Topliss-reactive ketones (excluding diaryl/α,β-unsaturated/α-hetero) is 1. The number of aryl methyl sites for hydroxylation is 1. The van der Waals surface area contributed by atoms with E-state index in [4.69, 9.17) is 4.74 Å². The van der Waals surface area contributed by atoms with Crippen LogP contribution in [0.25, 0.3) is 0 Å². The molecule has 0 amide bonds. The van der Waals surface area contributed by atoms with Crippen LogP contribution in [0.4, 0.5) is 5.69 Å². The number of benzene rings is 1. The van der Waals surface area contributed by atoms with Crippen molar-refractivity contribution >= 4 is 11.5 Å². The van der Waals surface area contributed by atoms with Gasteiger partial charge in [0.25, 0.3) is 5.69 Å². The third-order valence-electron chi connectivity index (χ3n) is 3.45. The molecule has 0 spiro atoms. The van der Waals surface area contributed by atoms with Gasteiger partial charge in [0.15, 0.2) is 6.10 Å². The summed E-state index contributed by atoms with van der Waals surface area (Å²) in [5.74, 6) is 0.148.